The highest BCUT2D eigenvalue weighted by Gasteiger charge is 2.39. The smallest absolute Gasteiger partial charge is 0.250 e. The summed E-state index contributed by atoms with van der Waals surface area (Å²) < 4.78 is 5.48. The van der Waals surface area contributed by atoms with Crippen molar-refractivity contribution in [3.63, 3.8) is 0 Å². The normalized spacial score (nSPS) is 16.8. The molecule has 0 fully saturated rings. The van der Waals surface area contributed by atoms with E-state index in [9.17, 15) is 14.4 Å². The van der Waals surface area contributed by atoms with Crippen molar-refractivity contribution in [2.45, 2.75) is 46.2 Å². The van der Waals surface area contributed by atoms with Crippen molar-refractivity contribution in [2.24, 2.45) is 0 Å². The van der Waals surface area contributed by atoms with E-state index in [4.69, 9.17) is 4.74 Å². The maximum Gasteiger partial charge on any atom is 0.250 e. The van der Waals surface area contributed by atoms with Crippen LogP contribution in [0.5, 0.6) is 5.75 Å². The van der Waals surface area contributed by atoms with Crippen LogP contribution in [0.4, 0.5) is 11.4 Å². The van der Waals surface area contributed by atoms with Gasteiger partial charge >= 0.3 is 0 Å². The molecule has 0 spiro atoms. The molecule has 1 N–H and O–H groups in total. The Hall–Kier alpha value is -2.37. The lowest BCUT2D eigenvalue weighted by atomic mass is 10.0. The molecule has 6 heteroatoms. The third-order valence-electron chi connectivity index (χ3n) is 3.84. The molecule has 0 saturated heterocycles. The number of Topliss-reactive ketones (excluding diaryl/α,β-unsaturated/α-hetero) is 2. The monoisotopic (exact) mass is 318 g/mol. The molecule has 1 aromatic rings. The molecule has 1 aromatic carbocycles. The third kappa shape index (κ3) is 3.21. The molecule has 1 aliphatic rings. The standard InChI is InChI=1S/C17H22N2O4/c1-5-13-17(22)19(16(10(3)20)11(4)21)15-8-7-12(23-6-2)9-14(15)18-13/h7-9,13,16,18H,5-6H2,1-4H3. The zero-order valence-electron chi connectivity index (χ0n) is 13.9. The second-order valence-electron chi connectivity index (χ2n) is 5.55. The quantitative estimate of drug-likeness (QED) is 0.814. The highest BCUT2D eigenvalue weighted by Crippen LogP contribution is 2.36. The lowest BCUT2D eigenvalue weighted by Crippen LogP contribution is -2.56. The van der Waals surface area contributed by atoms with E-state index in [0.29, 0.717) is 30.2 Å². The van der Waals surface area contributed by atoms with E-state index >= 15 is 0 Å². The summed E-state index contributed by atoms with van der Waals surface area (Å²) in [6.45, 7) is 6.95. The number of amides is 1. The number of carbonyl (C=O) groups is 3. The highest BCUT2D eigenvalue weighted by molar-refractivity contribution is 6.17. The molecular formula is C17H22N2O4. The number of fused-ring (bicyclic) bond motifs is 1. The van der Waals surface area contributed by atoms with E-state index in [-0.39, 0.29) is 17.5 Å². The maximum atomic E-state index is 12.7. The molecule has 2 rings (SSSR count). The fourth-order valence-corrected chi connectivity index (χ4v) is 2.83. The lowest BCUT2D eigenvalue weighted by Gasteiger charge is -2.38. The Morgan fingerprint density at radius 3 is 2.43 bits per heavy atom. The SMILES string of the molecule is CCOc1ccc2c(c1)NC(CC)C(=O)N2C(C(C)=O)C(C)=O. The second-order valence-corrected chi connectivity index (χ2v) is 5.55. The average molecular weight is 318 g/mol. The molecule has 0 aromatic heterocycles. The Balaban J connectivity index is 2.55. The summed E-state index contributed by atoms with van der Waals surface area (Å²) in [4.78, 5) is 37.9. The fraction of sp³-hybridized carbons (Fsp3) is 0.471. The number of nitrogens with zero attached hydrogens (tertiary/aromatic N) is 1. The van der Waals surface area contributed by atoms with E-state index in [1.807, 2.05) is 13.8 Å². The number of benzene rings is 1. The molecule has 1 aliphatic heterocycles. The molecule has 0 saturated carbocycles. The fourth-order valence-electron chi connectivity index (χ4n) is 2.83. The van der Waals surface area contributed by atoms with Gasteiger partial charge < -0.3 is 10.1 Å². The van der Waals surface area contributed by atoms with Gasteiger partial charge in [0.15, 0.2) is 17.6 Å². The third-order valence-corrected chi connectivity index (χ3v) is 3.84. The predicted octanol–water partition coefficient (Wildman–Crippen LogP) is 2.17. The Labute approximate surface area is 135 Å². The molecule has 23 heavy (non-hydrogen) atoms. The summed E-state index contributed by atoms with van der Waals surface area (Å²) in [5, 5.41) is 3.16. The maximum absolute atomic E-state index is 12.7. The summed E-state index contributed by atoms with van der Waals surface area (Å²) in [5.41, 5.74) is 1.22. The van der Waals surface area contributed by atoms with Crippen molar-refractivity contribution in [3.8, 4) is 5.75 Å². The minimum Gasteiger partial charge on any atom is -0.494 e. The first-order valence-electron chi connectivity index (χ1n) is 7.78. The number of hydrogen-bond acceptors (Lipinski definition) is 5. The van der Waals surface area contributed by atoms with Gasteiger partial charge in [-0.1, -0.05) is 6.92 Å². The van der Waals surface area contributed by atoms with Crippen LogP contribution in [-0.4, -0.2) is 36.2 Å². The summed E-state index contributed by atoms with van der Waals surface area (Å²) >= 11 is 0. The molecule has 1 heterocycles. The van der Waals surface area contributed by atoms with Crippen LogP contribution in [0.25, 0.3) is 0 Å². The molecule has 6 nitrogen and oxygen atoms in total. The number of rotatable bonds is 6. The van der Waals surface area contributed by atoms with Crippen LogP contribution in [-0.2, 0) is 14.4 Å². The van der Waals surface area contributed by atoms with E-state index in [2.05, 4.69) is 5.32 Å². The summed E-state index contributed by atoms with van der Waals surface area (Å²) in [6.07, 6.45) is 0.552. The van der Waals surface area contributed by atoms with Crippen molar-refractivity contribution in [1.82, 2.24) is 0 Å². The van der Waals surface area contributed by atoms with Crippen LogP contribution in [0.2, 0.25) is 0 Å². The minimum atomic E-state index is -1.09. The van der Waals surface area contributed by atoms with Crippen LogP contribution in [0, 0.1) is 0 Å². The minimum absolute atomic E-state index is 0.264. The van der Waals surface area contributed by atoms with Crippen LogP contribution in [0.15, 0.2) is 18.2 Å². The Kier molecular flexibility index (Phi) is 5.03. The first-order chi connectivity index (χ1) is 10.9. The number of ether oxygens (including phenoxy) is 1. The van der Waals surface area contributed by atoms with Crippen molar-refractivity contribution in [1.29, 1.82) is 0 Å². The number of nitrogens with one attached hydrogen (secondary N) is 1. The topological polar surface area (TPSA) is 75.7 Å². The van der Waals surface area contributed by atoms with Gasteiger partial charge in [-0.2, -0.15) is 0 Å². The number of anilines is 2. The zero-order chi connectivity index (χ0) is 17.1. The number of carbonyl (C=O) groups excluding carboxylic acids is 3. The second kappa shape index (κ2) is 6.81. The van der Waals surface area contributed by atoms with Gasteiger partial charge in [-0.05, 0) is 39.3 Å². The van der Waals surface area contributed by atoms with Gasteiger partial charge in [-0.25, -0.2) is 0 Å². The zero-order valence-corrected chi connectivity index (χ0v) is 13.9. The van der Waals surface area contributed by atoms with Gasteiger partial charge in [0, 0.05) is 6.07 Å². The average Bonchev–Trinajstić information content (AvgIpc) is 2.49. The van der Waals surface area contributed by atoms with Crippen molar-refractivity contribution in [2.75, 3.05) is 16.8 Å². The van der Waals surface area contributed by atoms with Gasteiger partial charge in [-0.3, -0.25) is 19.3 Å². The largest absolute Gasteiger partial charge is 0.494 e. The van der Waals surface area contributed by atoms with Gasteiger partial charge in [0.05, 0.1) is 18.0 Å². The molecule has 0 aliphatic carbocycles. The van der Waals surface area contributed by atoms with E-state index in [1.54, 1.807) is 18.2 Å². The van der Waals surface area contributed by atoms with Gasteiger partial charge in [-0.15, -0.1) is 0 Å². The molecule has 0 radical (unpaired) electrons. The molecule has 1 atom stereocenters. The van der Waals surface area contributed by atoms with E-state index in [0.717, 1.165) is 0 Å². The first-order valence-corrected chi connectivity index (χ1v) is 7.78. The van der Waals surface area contributed by atoms with Crippen LogP contribution in [0.1, 0.15) is 34.1 Å². The van der Waals surface area contributed by atoms with Crippen LogP contribution < -0.4 is 15.0 Å². The van der Waals surface area contributed by atoms with Gasteiger partial charge in [0.25, 0.3) is 5.91 Å². The lowest BCUT2D eigenvalue weighted by molar-refractivity contribution is -0.130. The van der Waals surface area contributed by atoms with Crippen LogP contribution >= 0.6 is 0 Å². The van der Waals surface area contributed by atoms with Crippen molar-refractivity contribution in [3.05, 3.63) is 18.2 Å². The molecule has 0 bridgehead atoms. The number of hydrogen-bond donors (Lipinski definition) is 1. The van der Waals surface area contributed by atoms with Crippen LogP contribution in [0.3, 0.4) is 0 Å². The highest BCUT2D eigenvalue weighted by atomic mass is 16.5. The Morgan fingerprint density at radius 1 is 1.26 bits per heavy atom. The summed E-state index contributed by atoms with van der Waals surface area (Å²) in [5.74, 6) is -0.283. The molecule has 1 amide bonds. The Bertz CT molecular complexity index is 627. The molecule has 124 valence electrons. The molecular weight excluding hydrogens is 296 g/mol. The summed E-state index contributed by atoms with van der Waals surface area (Å²) in [7, 11) is 0. The predicted molar refractivity (Wildman–Crippen MR) is 87.9 cm³/mol. The summed E-state index contributed by atoms with van der Waals surface area (Å²) in [6, 6.07) is 3.67. The van der Waals surface area contributed by atoms with Gasteiger partial charge in [0.1, 0.15) is 11.8 Å². The van der Waals surface area contributed by atoms with Gasteiger partial charge in [0.2, 0.25) is 0 Å². The first kappa shape index (κ1) is 17.0. The molecule has 1 unspecified atom stereocenters. The Morgan fingerprint density at radius 2 is 1.91 bits per heavy atom. The van der Waals surface area contributed by atoms with Crippen molar-refractivity contribution < 1.29 is 19.1 Å². The van der Waals surface area contributed by atoms with E-state index in [1.165, 1.54) is 18.7 Å². The van der Waals surface area contributed by atoms with Crippen molar-refractivity contribution >= 4 is 28.8 Å². The number of ketones is 2. The van der Waals surface area contributed by atoms with E-state index < -0.39 is 12.1 Å².